The van der Waals surface area contributed by atoms with Gasteiger partial charge in [0.1, 0.15) is 0 Å². The van der Waals surface area contributed by atoms with Crippen molar-refractivity contribution in [3.63, 3.8) is 0 Å². The number of pyridine rings is 1. The molecule has 1 heterocycles. The van der Waals surface area contributed by atoms with Crippen LogP contribution in [0.5, 0.6) is 0 Å². The first-order valence-corrected chi connectivity index (χ1v) is 5.06. The van der Waals surface area contributed by atoms with E-state index in [1.54, 1.807) is 11.1 Å². The van der Waals surface area contributed by atoms with Crippen LogP contribution in [0.25, 0.3) is 5.57 Å². The molecular weight excluding hydrogens is 158 g/mol. The van der Waals surface area contributed by atoms with Crippen LogP contribution in [0, 0.1) is 5.92 Å². The average Bonchev–Trinajstić information content (AvgIpc) is 2.80. The highest BCUT2D eigenvalue weighted by Crippen LogP contribution is 2.47. The zero-order valence-electron chi connectivity index (χ0n) is 7.66. The van der Waals surface area contributed by atoms with E-state index in [1.165, 1.54) is 31.4 Å². The molecule has 0 amide bonds. The fourth-order valence-electron chi connectivity index (χ4n) is 2.64. The van der Waals surface area contributed by atoms with E-state index < -0.39 is 0 Å². The van der Waals surface area contributed by atoms with Gasteiger partial charge >= 0.3 is 0 Å². The first kappa shape index (κ1) is 7.31. The van der Waals surface area contributed by atoms with Crippen LogP contribution in [0.15, 0.2) is 30.0 Å². The van der Waals surface area contributed by atoms with Gasteiger partial charge in [0.05, 0.1) is 5.69 Å². The number of allylic oxidation sites excluding steroid dienone is 2. The molecule has 0 aliphatic heterocycles. The van der Waals surface area contributed by atoms with Crippen LogP contribution in [0.3, 0.4) is 0 Å². The number of hydrogen-bond donors (Lipinski definition) is 0. The van der Waals surface area contributed by atoms with Crippen LogP contribution < -0.4 is 0 Å². The lowest BCUT2D eigenvalue weighted by molar-refractivity contribution is 0.582. The second-order valence-electron chi connectivity index (χ2n) is 4.11. The Kier molecular flexibility index (Phi) is 1.51. The first-order valence-electron chi connectivity index (χ1n) is 5.06. The van der Waals surface area contributed by atoms with Crippen LogP contribution in [0.1, 0.15) is 31.4 Å². The Morgan fingerprint density at radius 2 is 2.23 bits per heavy atom. The first-order chi connectivity index (χ1) is 6.43. The molecule has 1 saturated carbocycles. The third kappa shape index (κ3) is 1.11. The smallest absolute Gasteiger partial charge is 0.0661 e. The molecule has 0 saturated heterocycles. The molecule has 1 fully saturated rings. The maximum Gasteiger partial charge on any atom is 0.0661 e. The zero-order chi connectivity index (χ0) is 8.67. The topological polar surface area (TPSA) is 12.9 Å². The van der Waals surface area contributed by atoms with E-state index in [4.69, 9.17) is 0 Å². The van der Waals surface area contributed by atoms with Gasteiger partial charge in [-0.2, -0.15) is 0 Å². The lowest BCUT2D eigenvalue weighted by Crippen LogP contribution is -1.95. The van der Waals surface area contributed by atoms with Crippen LogP contribution >= 0.6 is 0 Å². The summed E-state index contributed by atoms with van der Waals surface area (Å²) in [6, 6.07) is 6.22. The van der Waals surface area contributed by atoms with E-state index >= 15 is 0 Å². The third-order valence-electron chi connectivity index (χ3n) is 3.28. The minimum absolute atomic E-state index is 0.951. The number of aromatic nitrogens is 1. The summed E-state index contributed by atoms with van der Waals surface area (Å²) in [5, 5.41) is 0. The van der Waals surface area contributed by atoms with Gasteiger partial charge in [-0.15, -0.1) is 0 Å². The van der Waals surface area contributed by atoms with E-state index in [-0.39, 0.29) is 0 Å². The predicted octanol–water partition coefficient (Wildman–Crippen LogP) is 3.04. The fraction of sp³-hybridized carbons (Fsp3) is 0.417. The molecule has 2 aliphatic carbocycles. The Bertz CT molecular complexity index is 351. The van der Waals surface area contributed by atoms with Crippen molar-refractivity contribution < 1.29 is 0 Å². The highest BCUT2D eigenvalue weighted by atomic mass is 14.7. The molecule has 1 aromatic heterocycles. The summed E-state index contributed by atoms with van der Waals surface area (Å²) >= 11 is 0. The molecule has 1 unspecified atom stereocenters. The molecule has 1 atom stereocenters. The van der Waals surface area contributed by atoms with Gasteiger partial charge in [0.15, 0.2) is 0 Å². The molecule has 0 spiro atoms. The highest BCUT2D eigenvalue weighted by Gasteiger charge is 2.30. The summed E-state index contributed by atoms with van der Waals surface area (Å²) in [6.07, 6.45) is 7.29. The molecule has 1 nitrogen and oxygen atoms in total. The van der Waals surface area contributed by atoms with Crippen molar-refractivity contribution in [2.45, 2.75) is 25.7 Å². The Morgan fingerprint density at radius 1 is 1.23 bits per heavy atom. The zero-order valence-corrected chi connectivity index (χ0v) is 7.66. The Balaban J connectivity index is 2.03. The minimum atomic E-state index is 0.951. The van der Waals surface area contributed by atoms with Crippen molar-refractivity contribution in [1.29, 1.82) is 0 Å². The molecule has 1 aromatic rings. The van der Waals surface area contributed by atoms with Crippen molar-refractivity contribution >= 4 is 5.57 Å². The second kappa shape index (κ2) is 2.69. The number of fused-ring (bicyclic) bond motifs is 2. The number of nitrogens with zero attached hydrogens (tertiary/aromatic N) is 1. The van der Waals surface area contributed by atoms with Crippen LogP contribution in [-0.2, 0) is 0 Å². The van der Waals surface area contributed by atoms with Gasteiger partial charge in [-0.1, -0.05) is 11.6 Å². The van der Waals surface area contributed by atoms with Crippen LogP contribution in [0.2, 0.25) is 0 Å². The molecule has 2 bridgehead atoms. The molecule has 66 valence electrons. The van der Waals surface area contributed by atoms with Crippen molar-refractivity contribution in [2.75, 3.05) is 0 Å². The van der Waals surface area contributed by atoms with E-state index in [1.807, 2.05) is 12.3 Å². The standard InChI is InChI=1S/C12H13N/c1-2-6-13-12(3-1)11-8-9-4-5-10(11)7-9/h1-3,6,9H,4-5,7-8H2. The minimum Gasteiger partial charge on any atom is -0.257 e. The molecule has 13 heavy (non-hydrogen) atoms. The molecule has 0 aromatic carbocycles. The monoisotopic (exact) mass is 171 g/mol. The van der Waals surface area contributed by atoms with Gasteiger partial charge in [-0.3, -0.25) is 4.98 Å². The van der Waals surface area contributed by atoms with E-state index in [0.29, 0.717) is 0 Å². The molecule has 0 N–H and O–H groups in total. The van der Waals surface area contributed by atoms with Gasteiger partial charge in [-0.25, -0.2) is 0 Å². The summed E-state index contributed by atoms with van der Waals surface area (Å²) < 4.78 is 0. The summed E-state index contributed by atoms with van der Waals surface area (Å²) in [7, 11) is 0. The molecule has 0 radical (unpaired) electrons. The molecular formula is C12H13N. The van der Waals surface area contributed by atoms with Crippen LogP contribution in [-0.4, -0.2) is 4.98 Å². The van der Waals surface area contributed by atoms with E-state index in [2.05, 4.69) is 17.1 Å². The lowest BCUT2D eigenvalue weighted by Gasteiger charge is -2.10. The number of hydrogen-bond acceptors (Lipinski definition) is 1. The van der Waals surface area contributed by atoms with Gasteiger partial charge < -0.3 is 0 Å². The Hall–Kier alpha value is -1.11. The quantitative estimate of drug-likeness (QED) is 0.633. The van der Waals surface area contributed by atoms with Crippen molar-refractivity contribution in [3.8, 4) is 0 Å². The largest absolute Gasteiger partial charge is 0.257 e. The molecule has 2 aliphatic rings. The number of rotatable bonds is 1. The highest BCUT2D eigenvalue weighted by molar-refractivity contribution is 5.69. The maximum atomic E-state index is 4.42. The molecule has 1 heteroatoms. The summed E-state index contributed by atoms with van der Waals surface area (Å²) in [6.45, 7) is 0. The second-order valence-corrected chi connectivity index (χ2v) is 4.11. The van der Waals surface area contributed by atoms with E-state index in [0.717, 1.165) is 5.92 Å². The Labute approximate surface area is 78.5 Å². The third-order valence-corrected chi connectivity index (χ3v) is 3.28. The van der Waals surface area contributed by atoms with E-state index in [9.17, 15) is 0 Å². The normalized spacial score (nSPS) is 25.7. The fourth-order valence-corrected chi connectivity index (χ4v) is 2.64. The van der Waals surface area contributed by atoms with Gasteiger partial charge in [-0.05, 0) is 49.3 Å². The van der Waals surface area contributed by atoms with Crippen molar-refractivity contribution in [1.82, 2.24) is 4.98 Å². The SMILES string of the molecule is c1ccc(C2=C3CCC(C3)C2)nc1. The average molecular weight is 171 g/mol. The summed E-state index contributed by atoms with van der Waals surface area (Å²) in [4.78, 5) is 4.42. The lowest BCUT2D eigenvalue weighted by atomic mass is 9.97. The van der Waals surface area contributed by atoms with Crippen molar-refractivity contribution in [3.05, 3.63) is 35.7 Å². The van der Waals surface area contributed by atoms with Gasteiger partial charge in [0.25, 0.3) is 0 Å². The maximum absolute atomic E-state index is 4.42. The van der Waals surface area contributed by atoms with Crippen LogP contribution in [0.4, 0.5) is 0 Å². The van der Waals surface area contributed by atoms with Crippen molar-refractivity contribution in [2.24, 2.45) is 5.92 Å². The summed E-state index contributed by atoms with van der Waals surface area (Å²) in [5.74, 6) is 0.951. The van der Waals surface area contributed by atoms with Gasteiger partial charge in [0.2, 0.25) is 0 Å². The van der Waals surface area contributed by atoms with Gasteiger partial charge in [0, 0.05) is 6.20 Å². The Morgan fingerprint density at radius 3 is 2.85 bits per heavy atom. The predicted molar refractivity (Wildman–Crippen MR) is 53.1 cm³/mol. The molecule has 3 rings (SSSR count). The summed E-state index contributed by atoms with van der Waals surface area (Å²) in [5.41, 5.74) is 4.46.